The standard InChI is InChI=1S/C15H24N2O/c1-8-5-6-12-13(7-8)17-15(16-12)14-9(2)10(3)18-11(14)4/h8-11,14H,5-7H2,1-4H3,(H,16,17). The second-order valence-electron chi connectivity index (χ2n) is 6.33. The summed E-state index contributed by atoms with van der Waals surface area (Å²) in [5.74, 6) is 2.93. The van der Waals surface area contributed by atoms with Crippen LogP contribution in [-0.2, 0) is 17.6 Å². The Balaban J connectivity index is 1.89. The smallest absolute Gasteiger partial charge is 0.112 e. The first-order chi connectivity index (χ1) is 8.56. The lowest BCUT2D eigenvalue weighted by Crippen LogP contribution is -2.16. The third kappa shape index (κ3) is 1.89. The predicted molar refractivity (Wildman–Crippen MR) is 71.7 cm³/mol. The minimum atomic E-state index is 0.278. The Labute approximate surface area is 109 Å². The zero-order valence-corrected chi connectivity index (χ0v) is 11.9. The normalized spacial score (nSPS) is 39.9. The van der Waals surface area contributed by atoms with E-state index in [1.807, 2.05) is 0 Å². The Morgan fingerprint density at radius 2 is 1.94 bits per heavy atom. The van der Waals surface area contributed by atoms with E-state index in [1.165, 1.54) is 23.6 Å². The quantitative estimate of drug-likeness (QED) is 0.829. The molecule has 100 valence electrons. The van der Waals surface area contributed by atoms with Gasteiger partial charge in [-0.15, -0.1) is 0 Å². The van der Waals surface area contributed by atoms with Crippen molar-refractivity contribution < 1.29 is 4.74 Å². The maximum absolute atomic E-state index is 5.93. The van der Waals surface area contributed by atoms with Crippen LogP contribution in [0.4, 0.5) is 0 Å². The van der Waals surface area contributed by atoms with Crippen LogP contribution < -0.4 is 0 Å². The molecule has 1 saturated heterocycles. The van der Waals surface area contributed by atoms with E-state index in [9.17, 15) is 0 Å². The SMILES string of the molecule is CC1CCc2nc(C3C(C)OC(C)C3C)[nH]c2C1. The van der Waals surface area contributed by atoms with E-state index in [0.717, 1.165) is 18.8 Å². The summed E-state index contributed by atoms with van der Waals surface area (Å²) in [7, 11) is 0. The molecule has 0 aromatic carbocycles. The Morgan fingerprint density at radius 1 is 1.17 bits per heavy atom. The Bertz CT molecular complexity index is 440. The second kappa shape index (κ2) is 4.37. The maximum Gasteiger partial charge on any atom is 0.112 e. The molecule has 0 amide bonds. The average molecular weight is 248 g/mol. The van der Waals surface area contributed by atoms with Crippen LogP contribution in [0.5, 0.6) is 0 Å². The summed E-state index contributed by atoms with van der Waals surface area (Å²) >= 11 is 0. The number of nitrogens with one attached hydrogen (secondary N) is 1. The highest BCUT2D eigenvalue weighted by molar-refractivity contribution is 5.21. The van der Waals surface area contributed by atoms with Gasteiger partial charge in [-0.2, -0.15) is 0 Å². The van der Waals surface area contributed by atoms with Crippen molar-refractivity contribution in [2.75, 3.05) is 0 Å². The van der Waals surface area contributed by atoms with Gasteiger partial charge in [-0.1, -0.05) is 13.8 Å². The minimum Gasteiger partial charge on any atom is -0.374 e. The number of hydrogen-bond donors (Lipinski definition) is 1. The molecule has 0 radical (unpaired) electrons. The van der Waals surface area contributed by atoms with Crippen LogP contribution in [0.15, 0.2) is 0 Å². The molecule has 0 spiro atoms. The molecule has 3 nitrogen and oxygen atoms in total. The van der Waals surface area contributed by atoms with Crippen molar-refractivity contribution in [1.29, 1.82) is 0 Å². The van der Waals surface area contributed by atoms with Gasteiger partial charge in [0.2, 0.25) is 0 Å². The van der Waals surface area contributed by atoms with Crippen molar-refractivity contribution >= 4 is 0 Å². The van der Waals surface area contributed by atoms with Gasteiger partial charge in [-0.3, -0.25) is 0 Å². The summed E-state index contributed by atoms with van der Waals surface area (Å²) in [4.78, 5) is 8.46. The zero-order chi connectivity index (χ0) is 12.9. The number of nitrogens with zero attached hydrogens (tertiary/aromatic N) is 1. The molecule has 1 aromatic rings. The largest absolute Gasteiger partial charge is 0.374 e. The summed E-state index contributed by atoms with van der Waals surface area (Å²) in [5, 5.41) is 0. The van der Waals surface area contributed by atoms with Gasteiger partial charge < -0.3 is 9.72 Å². The van der Waals surface area contributed by atoms with Gasteiger partial charge in [0.1, 0.15) is 5.82 Å². The fraction of sp³-hybridized carbons (Fsp3) is 0.800. The molecule has 18 heavy (non-hydrogen) atoms. The van der Waals surface area contributed by atoms with Gasteiger partial charge in [-0.25, -0.2) is 4.98 Å². The fourth-order valence-electron chi connectivity index (χ4n) is 3.57. The van der Waals surface area contributed by atoms with Crippen molar-refractivity contribution in [2.45, 2.75) is 65.1 Å². The Kier molecular flexibility index (Phi) is 2.97. The third-order valence-corrected chi connectivity index (χ3v) is 4.87. The van der Waals surface area contributed by atoms with E-state index in [-0.39, 0.29) is 6.10 Å². The van der Waals surface area contributed by atoms with Gasteiger partial charge in [0.25, 0.3) is 0 Å². The van der Waals surface area contributed by atoms with E-state index >= 15 is 0 Å². The van der Waals surface area contributed by atoms with Crippen LogP contribution in [-0.4, -0.2) is 22.2 Å². The molecule has 5 atom stereocenters. The number of imidazole rings is 1. The summed E-state index contributed by atoms with van der Waals surface area (Å²) < 4.78 is 5.93. The molecule has 5 unspecified atom stereocenters. The molecule has 3 rings (SSSR count). The lowest BCUT2D eigenvalue weighted by molar-refractivity contribution is 0.0553. The molecule has 1 aliphatic heterocycles. The van der Waals surface area contributed by atoms with Crippen molar-refractivity contribution in [3.63, 3.8) is 0 Å². The molecule has 0 saturated carbocycles. The van der Waals surface area contributed by atoms with Gasteiger partial charge in [0.05, 0.1) is 17.9 Å². The van der Waals surface area contributed by atoms with Crippen LogP contribution in [0.2, 0.25) is 0 Å². The number of ether oxygens (including phenoxy) is 1. The van der Waals surface area contributed by atoms with Crippen molar-refractivity contribution in [3.8, 4) is 0 Å². The van der Waals surface area contributed by atoms with E-state index in [0.29, 0.717) is 17.9 Å². The van der Waals surface area contributed by atoms with Crippen LogP contribution in [0.3, 0.4) is 0 Å². The van der Waals surface area contributed by atoms with Crippen LogP contribution >= 0.6 is 0 Å². The van der Waals surface area contributed by atoms with Crippen molar-refractivity contribution in [3.05, 3.63) is 17.2 Å². The van der Waals surface area contributed by atoms with Gasteiger partial charge in [0.15, 0.2) is 0 Å². The molecule has 0 bridgehead atoms. The Morgan fingerprint density at radius 3 is 2.61 bits per heavy atom. The van der Waals surface area contributed by atoms with E-state index in [1.54, 1.807) is 0 Å². The lowest BCUT2D eigenvalue weighted by Gasteiger charge is -2.16. The minimum absolute atomic E-state index is 0.278. The first-order valence-electron chi connectivity index (χ1n) is 7.29. The van der Waals surface area contributed by atoms with Crippen LogP contribution in [0, 0.1) is 11.8 Å². The molecular formula is C15H24N2O. The molecule has 1 aromatic heterocycles. The summed E-state index contributed by atoms with van der Waals surface area (Å²) in [6.07, 6.45) is 4.19. The molecular weight excluding hydrogens is 224 g/mol. The van der Waals surface area contributed by atoms with E-state index in [4.69, 9.17) is 9.72 Å². The predicted octanol–water partition coefficient (Wildman–Crippen LogP) is 3.06. The number of aryl methyl sites for hydroxylation is 1. The number of aromatic nitrogens is 2. The molecule has 2 aliphatic rings. The lowest BCUT2D eigenvalue weighted by atomic mass is 9.89. The van der Waals surface area contributed by atoms with E-state index < -0.39 is 0 Å². The van der Waals surface area contributed by atoms with Gasteiger partial charge in [0, 0.05) is 11.6 Å². The number of aromatic amines is 1. The molecule has 3 heteroatoms. The van der Waals surface area contributed by atoms with Crippen LogP contribution in [0.25, 0.3) is 0 Å². The summed E-state index contributed by atoms with van der Waals surface area (Å²) in [5.41, 5.74) is 2.68. The van der Waals surface area contributed by atoms with Gasteiger partial charge in [-0.05, 0) is 44.9 Å². The van der Waals surface area contributed by atoms with Gasteiger partial charge >= 0.3 is 0 Å². The first kappa shape index (κ1) is 12.2. The highest BCUT2D eigenvalue weighted by Gasteiger charge is 2.40. The molecule has 1 aliphatic carbocycles. The average Bonchev–Trinajstić information content (AvgIpc) is 2.80. The summed E-state index contributed by atoms with van der Waals surface area (Å²) in [6.45, 7) is 8.96. The fourth-order valence-corrected chi connectivity index (χ4v) is 3.57. The van der Waals surface area contributed by atoms with Crippen LogP contribution in [0.1, 0.15) is 57.2 Å². The molecule has 1 N–H and O–H groups in total. The molecule has 1 fully saturated rings. The zero-order valence-electron chi connectivity index (χ0n) is 11.9. The first-order valence-corrected chi connectivity index (χ1v) is 7.29. The maximum atomic E-state index is 5.93. The Hall–Kier alpha value is -0.830. The number of fused-ring (bicyclic) bond motifs is 1. The number of rotatable bonds is 1. The highest BCUT2D eigenvalue weighted by Crippen LogP contribution is 2.39. The number of H-pyrrole nitrogens is 1. The third-order valence-electron chi connectivity index (χ3n) is 4.87. The second-order valence-corrected chi connectivity index (χ2v) is 6.33. The topological polar surface area (TPSA) is 37.9 Å². The number of hydrogen-bond acceptors (Lipinski definition) is 2. The van der Waals surface area contributed by atoms with Crippen molar-refractivity contribution in [1.82, 2.24) is 9.97 Å². The van der Waals surface area contributed by atoms with E-state index in [2.05, 4.69) is 32.7 Å². The monoisotopic (exact) mass is 248 g/mol. The van der Waals surface area contributed by atoms with Crippen molar-refractivity contribution in [2.24, 2.45) is 11.8 Å². The summed E-state index contributed by atoms with van der Waals surface area (Å²) in [6, 6.07) is 0. The molecule has 2 heterocycles. The highest BCUT2D eigenvalue weighted by atomic mass is 16.5.